The summed E-state index contributed by atoms with van der Waals surface area (Å²) in [6, 6.07) is 0. The molecule has 0 fully saturated rings. The summed E-state index contributed by atoms with van der Waals surface area (Å²) in [5.74, 6) is -1.35. The number of carbonyl (C=O) groups is 2. The van der Waals surface area contributed by atoms with E-state index in [2.05, 4.69) is 6.92 Å². The third-order valence-corrected chi connectivity index (χ3v) is 2.74. The van der Waals surface area contributed by atoms with E-state index in [-0.39, 0.29) is 18.0 Å². The van der Waals surface area contributed by atoms with Crippen molar-refractivity contribution in [3.63, 3.8) is 0 Å². The smallest absolute Gasteiger partial charge is 0.306 e. The molecule has 4 nitrogen and oxygen atoms in total. The molecule has 2 atom stereocenters. The maximum atomic E-state index is 11.4. The third-order valence-electron chi connectivity index (χ3n) is 2.74. The largest absolute Gasteiger partial charge is 0.481 e. The Morgan fingerprint density at radius 3 is 2.35 bits per heavy atom. The molecule has 0 bridgehead atoms. The van der Waals surface area contributed by atoms with Gasteiger partial charge in [-0.3, -0.25) is 9.59 Å². The fourth-order valence-corrected chi connectivity index (χ4v) is 1.47. The van der Waals surface area contributed by atoms with Gasteiger partial charge in [0, 0.05) is 6.42 Å². The Morgan fingerprint density at radius 2 is 1.82 bits per heavy atom. The fourth-order valence-electron chi connectivity index (χ4n) is 1.47. The molecule has 0 aliphatic carbocycles. The Hall–Kier alpha value is -1.06. The van der Waals surface area contributed by atoms with Crippen LogP contribution in [0.5, 0.6) is 0 Å². The standard InChI is InChI=1S/C13H24O4/c1-4-5-6-7-12(14)17-11(3)9-8-10(2)13(15)16/h10-11H,4-9H2,1-3H3,(H,15,16). The zero-order valence-electron chi connectivity index (χ0n) is 11.1. The van der Waals surface area contributed by atoms with Crippen LogP contribution < -0.4 is 0 Å². The molecule has 0 spiro atoms. The monoisotopic (exact) mass is 244 g/mol. The Kier molecular flexibility index (Phi) is 8.46. The first-order chi connectivity index (χ1) is 7.97. The second-order valence-corrected chi connectivity index (χ2v) is 4.57. The molecule has 0 rings (SSSR count). The van der Waals surface area contributed by atoms with E-state index in [0.29, 0.717) is 19.3 Å². The molecule has 0 aliphatic rings. The van der Waals surface area contributed by atoms with Crippen molar-refractivity contribution in [1.29, 1.82) is 0 Å². The SMILES string of the molecule is CCCCCC(=O)OC(C)CCC(C)C(=O)O. The lowest BCUT2D eigenvalue weighted by Gasteiger charge is -2.14. The first-order valence-electron chi connectivity index (χ1n) is 6.39. The van der Waals surface area contributed by atoms with Gasteiger partial charge in [-0.15, -0.1) is 0 Å². The molecule has 0 aromatic heterocycles. The summed E-state index contributed by atoms with van der Waals surface area (Å²) in [4.78, 5) is 22.0. The van der Waals surface area contributed by atoms with E-state index < -0.39 is 5.97 Å². The Morgan fingerprint density at radius 1 is 1.18 bits per heavy atom. The predicted molar refractivity (Wildman–Crippen MR) is 65.7 cm³/mol. The topological polar surface area (TPSA) is 63.6 Å². The maximum absolute atomic E-state index is 11.4. The van der Waals surface area contributed by atoms with Crippen LogP contribution in [0, 0.1) is 5.92 Å². The number of esters is 1. The molecule has 1 N–H and O–H groups in total. The fraction of sp³-hybridized carbons (Fsp3) is 0.846. The third kappa shape index (κ3) is 8.72. The molecule has 100 valence electrons. The maximum Gasteiger partial charge on any atom is 0.306 e. The van der Waals surface area contributed by atoms with Gasteiger partial charge in [-0.1, -0.05) is 26.7 Å². The van der Waals surface area contributed by atoms with Gasteiger partial charge in [-0.25, -0.2) is 0 Å². The molecule has 0 heterocycles. The van der Waals surface area contributed by atoms with Gasteiger partial charge in [-0.05, 0) is 26.2 Å². The normalized spacial score (nSPS) is 14.1. The highest BCUT2D eigenvalue weighted by atomic mass is 16.5. The minimum absolute atomic E-state index is 0.172. The van der Waals surface area contributed by atoms with E-state index in [1.807, 2.05) is 6.92 Å². The van der Waals surface area contributed by atoms with Gasteiger partial charge in [0.15, 0.2) is 0 Å². The van der Waals surface area contributed by atoms with Gasteiger partial charge in [-0.2, -0.15) is 0 Å². The minimum Gasteiger partial charge on any atom is -0.481 e. The summed E-state index contributed by atoms with van der Waals surface area (Å²) in [7, 11) is 0. The minimum atomic E-state index is -0.800. The molecular formula is C13H24O4. The quantitative estimate of drug-likeness (QED) is 0.500. The molecule has 17 heavy (non-hydrogen) atoms. The second kappa shape index (κ2) is 9.02. The molecular weight excluding hydrogens is 220 g/mol. The van der Waals surface area contributed by atoms with Gasteiger partial charge in [0.25, 0.3) is 0 Å². The summed E-state index contributed by atoms with van der Waals surface area (Å²) >= 11 is 0. The van der Waals surface area contributed by atoms with Crippen LogP contribution in [-0.4, -0.2) is 23.1 Å². The first-order valence-corrected chi connectivity index (χ1v) is 6.39. The highest BCUT2D eigenvalue weighted by Crippen LogP contribution is 2.11. The van der Waals surface area contributed by atoms with E-state index >= 15 is 0 Å². The molecule has 0 aromatic carbocycles. The predicted octanol–water partition coefficient (Wildman–Crippen LogP) is 3.00. The van der Waals surface area contributed by atoms with Gasteiger partial charge in [0.05, 0.1) is 12.0 Å². The number of carbonyl (C=O) groups excluding carboxylic acids is 1. The molecule has 0 radical (unpaired) electrons. The van der Waals surface area contributed by atoms with Crippen molar-refractivity contribution in [3.8, 4) is 0 Å². The van der Waals surface area contributed by atoms with Crippen LogP contribution in [0.25, 0.3) is 0 Å². The summed E-state index contributed by atoms with van der Waals surface area (Å²) < 4.78 is 5.20. The van der Waals surface area contributed by atoms with Crippen LogP contribution in [0.3, 0.4) is 0 Å². The van der Waals surface area contributed by atoms with Crippen LogP contribution in [0.2, 0.25) is 0 Å². The van der Waals surface area contributed by atoms with Gasteiger partial charge < -0.3 is 9.84 Å². The highest BCUT2D eigenvalue weighted by molar-refractivity contribution is 5.70. The van der Waals surface area contributed by atoms with Crippen LogP contribution in [0.1, 0.15) is 59.3 Å². The number of hydrogen-bond acceptors (Lipinski definition) is 3. The van der Waals surface area contributed by atoms with Crippen LogP contribution >= 0.6 is 0 Å². The van der Waals surface area contributed by atoms with Crippen LogP contribution in [0.15, 0.2) is 0 Å². The van der Waals surface area contributed by atoms with E-state index in [9.17, 15) is 9.59 Å². The number of hydrogen-bond donors (Lipinski definition) is 1. The summed E-state index contributed by atoms with van der Waals surface area (Å²) in [5.41, 5.74) is 0. The van der Waals surface area contributed by atoms with Gasteiger partial charge >= 0.3 is 11.9 Å². The van der Waals surface area contributed by atoms with Crippen molar-refractivity contribution in [3.05, 3.63) is 0 Å². The molecule has 0 aromatic rings. The van der Waals surface area contributed by atoms with Crippen LogP contribution in [0.4, 0.5) is 0 Å². The molecule has 4 heteroatoms. The van der Waals surface area contributed by atoms with E-state index in [0.717, 1.165) is 19.3 Å². The molecule has 0 saturated carbocycles. The Bertz CT molecular complexity index is 238. The second-order valence-electron chi connectivity index (χ2n) is 4.57. The molecule has 0 amide bonds. The lowest BCUT2D eigenvalue weighted by Crippen LogP contribution is -2.17. The Balaban J connectivity index is 3.67. The Labute approximate surface area is 103 Å². The number of ether oxygens (including phenoxy) is 1. The number of unbranched alkanes of at least 4 members (excludes halogenated alkanes) is 2. The van der Waals surface area contributed by atoms with Crippen molar-refractivity contribution in [1.82, 2.24) is 0 Å². The lowest BCUT2D eigenvalue weighted by atomic mass is 10.0. The lowest BCUT2D eigenvalue weighted by molar-refractivity contribution is -0.148. The molecule has 0 saturated heterocycles. The van der Waals surface area contributed by atoms with Crippen LogP contribution in [-0.2, 0) is 14.3 Å². The van der Waals surface area contributed by atoms with Gasteiger partial charge in [0.2, 0.25) is 0 Å². The van der Waals surface area contributed by atoms with Crippen molar-refractivity contribution < 1.29 is 19.4 Å². The number of aliphatic carboxylic acids is 1. The van der Waals surface area contributed by atoms with E-state index in [1.165, 1.54) is 0 Å². The number of carboxylic acids is 1. The average molecular weight is 244 g/mol. The van der Waals surface area contributed by atoms with E-state index in [4.69, 9.17) is 9.84 Å². The molecule has 0 aliphatic heterocycles. The van der Waals surface area contributed by atoms with Crippen molar-refractivity contribution in [2.45, 2.75) is 65.4 Å². The molecule has 2 unspecified atom stereocenters. The average Bonchev–Trinajstić information content (AvgIpc) is 2.26. The number of rotatable bonds is 9. The van der Waals surface area contributed by atoms with E-state index in [1.54, 1.807) is 6.92 Å². The summed E-state index contributed by atoms with van der Waals surface area (Å²) in [5, 5.41) is 8.71. The van der Waals surface area contributed by atoms with Crippen molar-refractivity contribution >= 4 is 11.9 Å². The summed E-state index contributed by atoms with van der Waals surface area (Å²) in [6.07, 6.45) is 4.41. The van der Waals surface area contributed by atoms with Gasteiger partial charge in [0.1, 0.15) is 0 Å². The summed E-state index contributed by atoms with van der Waals surface area (Å²) in [6.45, 7) is 5.56. The number of carboxylic acid groups (broad SMARTS) is 1. The van der Waals surface area contributed by atoms with Crippen molar-refractivity contribution in [2.75, 3.05) is 0 Å². The van der Waals surface area contributed by atoms with Crippen molar-refractivity contribution in [2.24, 2.45) is 5.92 Å². The zero-order chi connectivity index (χ0) is 13.3. The highest BCUT2D eigenvalue weighted by Gasteiger charge is 2.14. The first kappa shape index (κ1) is 15.9. The zero-order valence-corrected chi connectivity index (χ0v) is 11.1.